The van der Waals surface area contributed by atoms with Crippen LogP contribution >= 0.6 is 11.3 Å². The smallest absolute Gasteiger partial charge is 0.302 e. The molecular weight excluding hydrogens is 350 g/mol. The lowest BCUT2D eigenvalue weighted by Gasteiger charge is -2.18. The molecular formula is C19H23N3O3S. The monoisotopic (exact) mass is 373 g/mol. The van der Waals surface area contributed by atoms with E-state index < -0.39 is 0 Å². The molecule has 138 valence electrons. The molecule has 2 N–H and O–H groups in total. The number of thiazole rings is 1. The number of esters is 1. The van der Waals surface area contributed by atoms with Gasteiger partial charge in [0, 0.05) is 19.9 Å². The first kappa shape index (κ1) is 18.5. The Morgan fingerprint density at radius 3 is 2.69 bits per heavy atom. The van der Waals surface area contributed by atoms with Crippen molar-refractivity contribution in [3.63, 3.8) is 0 Å². The lowest BCUT2D eigenvalue weighted by molar-refractivity contribution is -0.145. The Morgan fingerprint density at radius 2 is 2.08 bits per heavy atom. The summed E-state index contributed by atoms with van der Waals surface area (Å²) in [5, 5.41) is 6.13. The number of hydrogen-bond acceptors (Lipinski definition) is 6. The molecule has 1 amide bonds. The van der Waals surface area contributed by atoms with Gasteiger partial charge < -0.3 is 15.4 Å². The van der Waals surface area contributed by atoms with Crippen molar-refractivity contribution in [2.24, 2.45) is 0 Å². The summed E-state index contributed by atoms with van der Waals surface area (Å²) in [6.45, 7) is 5.85. The zero-order chi connectivity index (χ0) is 18.7. The minimum absolute atomic E-state index is 0.0745. The van der Waals surface area contributed by atoms with Crippen LogP contribution in [-0.2, 0) is 14.3 Å². The highest BCUT2D eigenvalue weighted by molar-refractivity contribution is 7.13. The van der Waals surface area contributed by atoms with Crippen LogP contribution in [0.2, 0.25) is 0 Å². The Balaban J connectivity index is 1.58. The van der Waals surface area contributed by atoms with E-state index in [0.717, 1.165) is 16.8 Å². The van der Waals surface area contributed by atoms with E-state index in [2.05, 4.69) is 27.8 Å². The van der Waals surface area contributed by atoms with Crippen molar-refractivity contribution >= 4 is 23.2 Å². The first-order chi connectivity index (χ1) is 12.4. The highest BCUT2D eigenvalue weighted by Gasteiger charge is 2.31. The van der Waals surface area contributed by atoms with Crippen LogP contribution < -0.4 is 10.6 Å². The molecule has 1 saturated heterocycles. The summed E-state index contributed by atoms with van der Waals surface area (Å²) >= 11 is 1.62. The van der Waals surface area contributed by atoms with Gasteiger partial charge in [0.25, 0.3) is 0 Å². The van der Waals surface area contributed by atoms with Crippen LogP contribution in [0.25, 0.3) is 10.4 Å². The van der Waals surface area contributed by atoms with Gasteiger partial charge in [-0.25, -0.2) is 4.98 Å². The quantitative estimate of drug-likeness (QED) is 0.788. The molecule has 26 heavy (non-hydrogen) atoms. The molecule has 2 aromatic rings. The number of ether oxygens (including phenoxy) is 1. The molecule has 2 unspecified atom stereocenters. The van der Waals surface area contributed by atoms with Gasteiger partial charge >= 0.3 is 5.97 Å². The summed E-state index contributed by atoms with van der Waals surface area (Å²) in [4.78, 5) is 28.9. The molecule has 3 atom stereocenters. The number of rotatable bonds is 5. The van der Waals surface area contributed by atoms with E-state index in [1.807, 2.05) is 31.5 Å². The zero-order valence-corrected chi connectivity index (χ0v) is 15.9. The van der Waals surface area contributed by atoms with Crippen LogP contribution in [0.15, 0.2) is 29.8 Å². The summed E-state index contributed by atoms with van der Waals surface area (Å²) in [7, 11) is 0. The fourth-order valence-electron chi connectivity index (χ4n) is 3.13. The Hall–Kier alpha value is -2.25. The molecule has 0 radical (unpaired) electrons. The van der Waals surface area contributed by atoms with Crippen molar-refractivity contribution in [1.82, 2.24) is 15.6 Å². The summed E-state index contributed by atoms with van der Waals surface area (Å²) in [6, 6.07) is 7.74. The largest absolute Gasteiger partial charge is 0.461 e. The molecule has 2 heterocycles. The Labute approximate surface area is 157 Å². The molecule has 0 aliphatic carbocycles. The van der Waals surface area contributed by atoms with E-state index in [1.54, 1.807) is 11.3 Å². The second kappa shape index (κ2) is 7.97. The second-order valence-corrected chi connectivity index (χ2v) is 7.40. The normalized spacial score (nSPS) is 20.6. The highest BCUT2D eigenvalue weighted by Crippen LogP contribution is 2.28. The lowest BCUT2D eigenvalue weighted by Crippen LogP contribution is -2.41. The number of aromatic nitrogens is 1. The van der Waals surface area contributed by atoms with Crippen LogP contribution in [0.4, 0.5) is 0 Å². The molecule has 7 heteroatoms. The van der Waals surface area contributed by atoms with Gasteiger partial charge in [0.15, 0.2) is 0 Å². The van der Waals surface area contributed by atoms with Gasteiger partial charge in [-0.05, 0) is 25.0 Å². The Bertz CT molecular complexity index is 788. The fraction of sp³-hybridized carbons (Fsp3) is 0.421. The maximum atomic E-state index is 12.4. The van der Waals surface area contributed by atoms with Crippen LogP contribution in [0.3, 0.4) is 0 Å². The van der Waals surface area contributed by atoms with Gasteiger partial charge in [0.2, 0.25) is 5.91 Å². The third kappa shape index (κ3) is 4.28. The van der Waals surface area contributed by atoms with Crippen molar-refractivity contribution in [3.05, 3.63) is 41.0 Å². The predicted octanol–water partition coefficient (Wildman–Crippen LogP) is 2.59. The maximum Gasteiger partial charge on any atom is 0.302 e. The number of amides is 1. The number of hydrogen-bond donors (Lipinski definition) is 2. The standard InChI is InChI=1S/C19H23N3O3S/c1-11(22-19(24)17-8-16(9-20-17)25-13(3)23)14-4-6-15(7-5-14)18-12(2)21-10-26-18/h4-7,10-11,16-17,20H,8-9H2,1-3H3,(H,22,24)/t11-,16?,17?/m0/s1. The number of aryl methyl sites for hydroxylation is 1. The summed E-state index contributed by atoms with van der Waals surface area (Å²) in [6.07, 6.45) is 0.266. The first-order valence-electron chi connectivity index (χ1n) is 8.65. The topological polar surface area (TPSA) is 80.3 Å². The molecule has 6 nitrogen and oxygen atoms in total. The second-order valence-electron chi connectivity index (χ2n) is 6.55. The summed E-state index contributed by atoms with van der Waals surface area (Å²) in [5.41, 5.74) is 5.05. The van der Waals surface area contributed by atoms with Crippen molar-refractivity contribution < 1.29 is 14.3 Å². The predicted molar refractivity (Wildman–Crippen MR) is 101 cm³/mol. The van der Waals surface area contributed by atoms with Gasteiger partial charge in [0.05, 0.1) is 28.2 Å². The summed E-state index contributed by atoms with van der Waals surface area (Å²) in [5.74, 6) is -0.392. The molecule has 1 aromatic heterocycles. The fourth-order valence-corrected chi connectivity index (χ4v) is 3.94. The molecule has 0 spiro atoms. The molecule has 0 saturated carbocycles. The minimum atomic E-state index is -0.332. The molecule has 3 rings (SSSR count). The average molecular weight is 373 g/mol. The van der Waals surface area contributed by atoms with E-state index >= 15 is 0 Å². The Morgan fingerprint density at radius 1 is 1.35 bits per heavy atom. The van der Waals surface area contributed by atoms with Gasteiger partial charge in [0.1, 0.15) is 6.10 Å². The molecule has 1 fully saturated rings. The van der Waals surface area contributed by atoms with Gasteiger partial charge in [-0.15, -0.1) is 11.3 Å². The zero-order valence-electron chi connectivity index (χ0n) is 15.1. The van der Waals surface area contributed by atoms with Crippen molar-refractivity contribution in [1.29, 1.82) is 0 Å². The lowest BCUT2D eigenvalue weighted by atomic mass is 10.0. The number of nitrogens with one attached hydrogen (secondary N) is 2. The molecule has 1 aliphatic heterocycles. The third-order valence-electron chi connectivity index (χ3n) is 4.52. The molecule has 1 aromatic carbocycles. The number of carbonyl (C=O) groups excluding carboxylic acids is 2. The first-order valence-corrected chi connectivity index (χ1v) is 9.53. The highest BCUT2D eigenvalue weighted by atomic mass is 32.1. The molecule has 0 bridgehead atoms. The van der Waals surface area contributed by atoms with Gasteiger partial charge in [-0.1, -0.05) is 24.3 Å². The van der Waals surface area contributed by atoms with Crippen molar-refractivity contribution in [2.45, 2.75) is 45.4 Å². The number of nitrogens with zero attached hydrogens (tertiary/aromatic N) is 1. The van der Waals surface area contributed by atoms with Gasteiger partial charge in [-0.2, -0.15) is 0 Å². The van der Waals surface area contributed by atoms with E-state index in [9.17, 15) is 9.59 Å². The van der Waals surface area contributed by atoms with E-state index in [0.29, 0.717) is 13.0 Å². The van der Waals surface area contributed by atoms with E-state index in [1.165, 1.54) is 11.8 Å². The van der Waals surface area contributed by atoms with Gasteiger partial charge in [-0.3, -0.25) is 9.59 Å². The third-order valence-corrected chi connectivity index (χ3v) is 5.49. The molecule has 1 aliphatic rings. The SMILES string of the molecule is CC(=O)OC1CNC(C(=O)N[C@@H](C)c2ccc(-c3scnc3C)cc2)C1. The Kier molecular flexibility index (Phi) is 5.68. The van der Waals surface area contributed by atoms with Crippen LogP contribution in [-0.4, -0.2) is 35.6 Å². The minimum Gasteiger partial charge on any atom is -0.461 e. The van der Waals surface area contributed by atoms with Crippen molar-refractivity contribution in [3.8, 4) is 10.4 Å². The maximum absolute atomic E-state index is 12.4. The summed E-state index contributed by atoms with van der Waals surface area (Å²) < 4.78 is 5.15. The van der Waals surface area contributed by atoms with Crippen molar-refractivity contribution in [2.75, 3.05) is 6.54 Å². The van der Waals surface area contributed by atoms with Crippen LogP contribution in [0.5, 0.6) is 0 Å². The number of carbonyl (C=O) groups is 2. The van der Waals surface area contributed by atoms with Crippen LogP contribution in [0, 0.1) is 6.92 Å². The average Bonchev–Trinajstić information content (AvgIpc) is 3.23. The van der Waals surface area contributed by atoms with E-state index in [-0.39, 0.29) is 30.1 Å². The number of benzene rings is 1. The van der Waals surface area contributed by atoms with Crippen LogP contribution in [0.1, 0.15) is 37.6 Å². The van der Waals surface area contributed by atoms with E-state index in [4.69, 9.17) is 4.74 Å².